The van der Waals surface area contributed by atoms with Crippen LogP contribution < -0.4 is 14.2 Å². The van der Waals surface area contributed by atoms with Gasteiger partial charge in [0, 0.05) is 12.6 Å². The summed E-state index contributed by atoms with van der Waals surface area (Å²) >= 11 is 0. The van der Waals surface area contributed by atoms with Crippen molar-refractivity contribution in [3.8, 4) is 17.2 Å². The van der Waals surface area contributed by atoms with Gasteiger partial charge in [0.1, 0.15) is 23.0 Å². The number of methoxy groups -OCH3 is 2. The zero-order valence-corrected chi connectivity index (χ0v) is 19.8. The summed E-state index contributed by atoms with van der Waals surface area (Å²) in [6.45, 7) is 6.27. The number of hydrogen-bond acceptors (Lipinski definition) is 6. The van der Waals surface area contributed by atoms with Crippen LogP contribution >= 0.6 is 0 Å². The summed E-state index contributed by atoms with van der Waals surface area (Å²) in [7, 11) is 3.00. The van der Waals surface area contributed by atoms with E-state index in [9.17, 15) is 14.7 Å². The van der Waals surface area contributed by atoms with Gasteiger partial charge in [0.05, 0.1) is 37.5 Å². The molecule has 1 N–H and O–H groups in total. The summed E-state index contributed by atoms with van der Waals surface area (Å²) in [5.41, 5.74) is 1.03. The van der Waals surface area contributed by atoms with Crippen molar-refractivity contribution in [2.24, 2.45) is 0 Å². The van der Waals surface area contributed by atoms with Gasteiger partial charge in [-0.2, -0.15) is 0 Å². The Morgan fingerprint density at radius 1 is 1.06 bits per heavy atom. The lowest BCUT2D eigenvalue weighted by Crippen LogP contribution is -2.30. The molecule has 1 heterocycles. The summed E-state index contributed by atoms with van der Waals surface area (Å²) in [5, 5.41) is 11.3. The maximum absolute atomic E-state index is 13.2. The highest BCUT2D eigenvalue weighted by molar-refractivity contribution is 6.46. The first-order valence-corrected chi connectivity index (χ1v) is 11.1. The van der Waals surface area contributed by atoms with Gasteiger partial charge in [-0.1, -0.05) is 25.5 Å². The summed E-state index contributed by atoms with van der Waals surface area (Å²) in [6.07, 6.45) is 1.56. The van der Waals surface area contributed by atoms with E-state index in [1.807, 2.05) is 45.0 Å². The van der Waals surface area contributed by atoms with Crippen molar-refractivity contribution < 1.29 is 28.9 Å². The first-order valence-electron chi connectivity index (χ1n) is 11.1. The van der Waals surface area contributed by atoms with Crippen molar-refractivity contribution in [3.63, 3.8) is 0 Å². The number of rotatable bonds is 9. The number of carbonyl (C=O) groups is 2. The van der Waals surface area contributed by atoms with Crippen molar-refractivity contribution in [1.82, 2.24) is 4.90 Å². The Hall–Kier alpha value is -3.48. The molecule has 0 aromatic heterocycles. The van der Waals surface area contributed by atoms with Crippen molar-refractivity contribution in [1.29, 1.82) is 0 Å². The Labute approximate surface area is 194 Å². The van der Waals surface area contributed by atoms with E-state index in [1.54, 1.807) is 18.2 Å². The third-order valence-electron chi connectivity index (χ3n) is 5.50. The molecule has 1 unspecified atom stereocenters. The largest absolute Gasteiger partial charge is 0.507 e. The van der Waals surface area contributed by atoms with Gasteiger partial charge in [0.2, 0.25) is 0 Å². The number of aliphatic hydroxyl groups is 1. The predicted molar refractivity (Wildman–Crippen MR) is 126 cm³/mol. The van der Waals surface area contributed by atoms with E-state index in [-0.39, 0.29) is 17.4 Å². The Morgan fingerprint density at radius 3 is 2.45 bits per heavy atom. The number of carbonyl (C=O) groups excluding carboxylic acids is 2. The van der Waals surface area contributed by atoms with Crippen LogP contribution in [0.3, 0.4) is 0 Å². The molecule has 1 atom stereocenters. The van der Waals surface area contributed by atoms with Crippen LogP contribution in [0.5, 0.6) is 17.2 Å². The minimum atomic E-state index is -0.737. The molecular formula is C26H31NO6. The molecule has 0 spiro atoms. The third-order valence-corrected chi connectivity index (χ3v) is 5.50. The molecule has 2 aromatic carbocycles. The van der Waals surface area contributed by atoms with Crippen LogP contribution in [0.4, 0.5) is 0 Å². The second-order valence-corrected chi connectivity index (χ2v) is 8.15. The van der Waals surface area contributed by atoms with Crippen molar-refractivity contribution >= 4 is 17.4 Å². The van der Waals surface area contributed by atoms with Gasteiger partial charge < -0.3 is 24.2 Å². The fraction of sp³-hybridized carbons (Fsp3) is 0.385. The molecule has 1 aliphatic heterocycles. The van der Waals surface area contributed by atoms with Gasteiger partial charge in [-0.25, -0.2) is 0 Å². The lowest BCUT2D eigenvalue weighted by molar-refractivity contribution is -0.139. The highest BCUT2D eigenvalue weighted by Crippen LogP contribution is 2.42. The molecular weight excluding hydrogens is 422 g/mol. The van der Waals surface area contributed by atoms with Crippen LogP contribution in [-0.4, -0.2) is 48.6 Å². The number of Topliss-reactive ketones (excluding diaryl/α,β-unsaturated/α-hetero) is 1. The molecule has 1 saturated heterocycles. The minimum Gasteiger partial charge on any atom is -0.507 e. The number of hydrogen-bond donors (Lipinski definition) is 1. The molecule has 3 rings (SSSR count). The molecule has 0 radical (unpaired) electrons. The van der Waals surface area contributed by atoms with Crippen molar-refractivity contribution in [2.45, 2.75) is 45.8 Å². The molecule has 1 amide bonds. The number of unbranched alkanes of at least 4 members (excludes halogenated alkanes) is 1. The molecule has 176 valence electrons. The summed E-state index contributed by atoms with van der Waals surface area (Å²) in [4.78, 5) is 27.7. The van der Waals surface area contributed by atoms with Crippen LogP contribution in [0.1, 0.15) is 50.8 Å². The molecule has 7 heteroatoms. The average Bonchev–Trinajstić information content (AvgIpc) is 3.06. The highest BCUT2D eigenvalue weighted by atomic mass is 16.5. The number of likely N-dealkylation sites (tertiary alicyclic amines) is 1. The molecule has 1 fully saturated rings. The zero-order valence-electron chi connectivity index (χ0n) is 19.8. The standard InChI is InChI=1S/C26H31NO6/c1-6-7-13-27-23(17-9-8-10-19(14-17)33-16(2)3)22(25(29)26(27)30)24(28)20-12-11-18(31-4)15-21(20)32-5/h8-12,14-16,23,28H,6-7,13H2,1-5H3/b24-22-. The van der Waals surface area contributed by atoms with Gasteiger partial charge in [-0.3, -0.25) is 9.59 Å². The van der Waals surface area contributed by atoms with E-state index < -0.39 is 17.7 Å². The monoisotopic (exact) mass is 453 g/mol. The molecule has 2 aromatic rings. The second kappa shape index (κ2) is 10.4. The zero-order chi connectivity index (χ0) is 24.1. The summed E-state index contributed by atoms with van der Waals surface area (Å²) in [5.74, 6) is -0.124. The molecule has 1 aliphatic rings. The highest BCUT2D eigenvalue weighted by Gasteiger charge is 2.46. The molecule has 0 bridgehead atoms. The molecule has 0 aliphatic carbocycles. The Balaban J connectivity index is 2.19. The number of ether oxygens (including phenoxy) is 3. The lowest BCUT2D eigenvalue weighted by Gasteiger charge is -2.26. The fourth-order valence-electron chi connectivity index (χ4n) is 3.95. The number of ketones is 1. The van der Waals surface area contributed by atoms with Gasteiger partial charge in [-0.05, 0) is 50.1 Å². The van der Waals surface area contributed by atoms with Gasteiger partial charge in [0.15, 0.2) is 0 Å². The first kappa shape index (κ1) is 24.2. The number of nitrogens with zero attached hydrogens (tertiary/aromatic N) is 1. The van der Waals surface area contributed by atoms with E-state index in [2.05, 4.69) is 0 Å². The minimum absolute atomic E-state index is 0.0290. The summed E-state index contributed by atoms with van der Waals surface area (Å²) < 4.78 is 16.5. The molecule has 7 nitrogen and oxygen atoms in total. The van der Waals surface area contributed by atoms with Crippen LogP contribution in [0.25, 0.3) is 5.76 Å². The van der Waals surface area contributed by atoms with E-state index >= 15 is 0 Å². The normalized spacial score (nSPS) is 17.5. The molecule has 33 heavy (non-hydrogen) atoms. The van der Waals surface area contributed by atoms with E-state index in [0.717, 1.165) is 12.8 Å². The van der Waals surface area contributed by atoms with Crippen molar-refractivity contribution in [2.75, 3.05) is 20.8 Å². The number of benzene rings is 2. The van der Waals surface area contributed by atoms with Gasteiger partial charge in [-0.15, -0.1) is 0 Å². The Kier molecular flexibility index (Phi) is 7.63. The van der Waals surface area contributed by atoms with Crippen molar-refractivity contribution in [3.05, 3.63) is 59.2 Å². The third kappa shape index (κ3) is 4.97. The second-order valence-electron chi connectivity index (χ2n) is 8.15. The quantitative estimate of drug-likeness (QED) is 0.336. The number of aliphatic hydroxyl groups excluding tert-OH is 1. The molecule has 0 saturated carbocycles. The average molecular weight is 454 g/mol. The Bertz CT molecular complexity index is 1060. The maximum atomic E-state index is 13.2. The number of amides is 1. The van der Waals surface area contributed by atoms with Crippen LogP contribution in [-0.2, 0) is 9.59 Å². The van der Waals surface area contributed by atoms with Gasteiger partial charge >= 0.3 is 0 Å². The van der Waals surface area contributed by atoms with E-state index in [0.29, 0.717) is 34.9 Å². The van der Waals surface area contributed by atoms with E-state index in [1.165, 1.54) is 19.1 Å². The van der Waals surface area contributed by atoms with Crippen LogP contribution in [0, 0.1) is 0 Å². The first-order chi connectivity index (χ1) is 15.8. The topological polar surface area (TPSA) is 85.3 Å². The van der Waals surface area contributed by atoms with E-state index in [4.69, 9.17) is 14.2 Å². The smallest absolute Gasteiger partial charge is 0.295 e. The predicted octanol–water partition coefficient (Wildman–Crippen LogP) is 4.71. The SMILES string of the molecule is CCCCN1C(=O)C(=O)/C(=C(\O)c2ccc(OC)cc2OC)C1c1cccc(OC(C)C)c1. The fourth-order valence-corrected chi connectivity index (χ4v) is 3.95. The van der Waals surface area contributed by atoms with Crippen LogP contribution in [0.2, 0.25) is 0 Å². The Morgan fingerprint density at radius 2 is 1.82 bits per heavy atom. The lowest BCUT2D eigenvalue weighted by atomic mass is 9.94. The summed E-state index contributed by atoms with van der Waals surface area (Å²) in [6, 6.07) is 11.5. The van der Waals surface area contributed by atoms with Crippen LogP contribution in [0.15, 0.2) is 48.0 Å². The maximum Gasteiger partial charge on any atom is 0.295 e. The van der Waals surface area contributed by atoms with Gasteiger partial charge in [0.25, 0.3) is 11.7 Å².